The summed E-state index contributed by atoms with van der Waals surface area (Å²) >= 11 is 0. The van der Waals surface area contributed by atoms with E-state index in [1.807, 2.05) is 0 Å². The fraction of sp³-hybridized carbons (Fsp3) is 0.909. The molecule has 0 aliphatic heterocycles. The van der Waals surface area contributed by atoms with Crippen LogP contribution >= 0.6 is 10.8 Å². The molecule has 2 N–H and O–H groups in total. The van der Waals surface area contributed by atoms with Crippen LogP contribution in [0.25, 0.3) is 0 Å². The minimum atomic E-state index is -3.87. The maximum Gasteiger partial charge on any atom is 0.319 e. The molecule has 0 aromatic heterocycles. The maximum atomic E-state index is 10.4. The quantitative estimate of drug-likeness (QED) is 0.327. The number of hydrogen-bond acceptors (Lipinski definition) is 4. The van der Waals surface area contributed by atoms with Crippen molar-refractivity contribution >= 4 is 25.9 Å². The molecule has 0 unspecified atom stereocenters. The van der Waals surface area contributed by atoms with Crippen LogP contribution in [0.1, 0.15) is 57.8 Å². The molecule has 5 nitrogen and oxygen atoms in total. The van der Waals surface area contributed by atoms with E-state index in [0.717, 1.165) is 51.4 Å². The lowest BCUT2D eigenvalue weighted by molar-refractivity contribution is -0.137. The van der Waals surface area contributed by atoms with Gasteiger partial charge in [0.05, 0.1) is 0 Å². The van der Waals surface area contributed by atoms with Crippen molar-refractivity contribution in [2.75, 3.05) is 5.75 Å². The Hall–Kier alpha value is -0.270. The Kier molecular flexibility index (Phi) is 10.5. The smallest absolute Gasteiger partial charge is 0.319 e. The molecular formula is C11H22O5S2. The van der Waals surface area contributed by atoms with Crippen LogP contribution in [0.4, 0.5) is 0 Å². The summed E-state index contributed by atoms with van der Waals surface area (Å²) in [4.78, 5) is 10.2. The van der Waals surface area contributed by atoms with Gasteiger partial charge in [0.2, 0.25) is 0 Å². The van der Waals surface area contributed by atoms with E-state index in [-0.39, 0.29) is 6.42 Å². The molecule has 0 aliphatic rings. The monoisotopic (exact) mass is 298 g/mol. The summed E-state index contributed by atoms with van der Waals surface area (Å²) in [6, 6.07) is 0. The Morgan fingerprint density at radius 1 is 0.889 bits per heavy atom. The van der Waals surface area contributed by atoms with E-state index in [2.05, 4.69) is 0 Å². The molecule has 108 valence electrons. The number of unbranched alkanes of at least 4 members (excludes halogenated alkanes) is 7. The molecule has 0 rings (SSSR count). The van der Waals surface area contributed by atoms with Gasteiger partial charge in [0.1, 0.15) is 0 Å². The first-order valence-electron chi connectivity index (χ1n) is 6.25. The Morgan fingerprint density at radius 2 is 1.33 bits per heavy atom. The van der Waals surface area contributed by atoms with Gasteiger partial charge in [0, 0.05) is 12.2 Å². The molecule has 0 spiro atoms. The van der Waals surface area contributed by atoms with Gasteiger partial charge in [0.25, 0.3) is 0 Å². The Balaban J connectivity index is 3.10. The molecule has 0 saturated carbocycles. The van der Waals surface area contributed by atoms with Crippen LogP contribution in [0, 0.1) is 0 Å². The molecule has 0 saturated heterocycles. The number of carbonyl (C=O) groups is 1. The van der Waals surface area contributed by atoms with Gasteiger partial charge in [-0.3, -0.25) is 9.35 Å². The molecule has 18 heavy (non-hydrogen) atoms. The lowest BCUT2D eigenvalue weighted by Gasteiger charge is -2.01. The van der Waals surface area contributed by atoms with Gasteiger partial charge in [-0.2, -0.15) is 8.42 Å². The van der Waals surface area contributed by atoms with Crippen LogP contribution in [0.3, 0.4) is 0 Å². The van der Waals surface area contributed by atoms with Crippen molar-refractivity contribution in [1.29, 1.82) is 0 Å². The van der Waals surface area contributed by atoms with Gasteiger partial charge in [0.15, 0.2) is 0 Å². The third-order valence-corrected chi connectivity index (χ3v) is 4.66. The standard InChI is InChI=1S/C11H22O5S2/c12-11(13)9-7-5-3-1-2-4-6-8-10-17-18(14,15)16/h1-10H2,(H,12,13)(H,14,15,16). The van der Waals surface area contributed by atoms with E-state index in [1.54, 1.807) is 0 Å². The average Bonchev–Trinajstić information content (AvgIpc) is 2.24. The summed E-state index contributed by atoms with van der Waals surface area (Å²) in [6.45, 7) is 0. The zero-order chi connectivity index (χ0) is 13.9. The molecule has 0 aliphatic carbocycles. The summed E-state index contributed by atoms with van der Waals surface area (Å²) in [6.07, 6.45) is 8.06. The zero-order valence-corrected chi connectivity index (χ0v) is 12.1. The second kappa shape index (κ2) is 10.6. The summed E-state index contributed by atoms with van der Waals surface area (Å²) < 4.78 is 29.3. The van der Waals surface area contributed by atoms with Crippen LogP contribution in [0.15, 0.2) is 0 Å². The number of carboxylic acid groups (broad SMARTS) is 1. The van der Waals surface area contributed by atoms with Crippen molar-refractivity contribution in [1.82, 2.24) is 0 Å². The first kappa shape index (κ1) is 17.7. The topological polar surface area (TPSA) is 91.7 Å². The third kappa shape index (κ3) is 15.7. The predicted molar refractivity (Wildman–Crippen MR) is 73.2 cm³/mol. The van der Waals surface area contributed by atoms with Crippen molar-refractivity contribution < 1.29 is 22.9 Å². The highest BCUT2D eigenvalue weighted by molar-refractivity contribution is 8.69. The highest BCUT2D eigenvalue weighted by Crippen LogP contribution is 2.14. The lowest BCUT2D eigenvalue weighted by Crippen LogP contribution is -1.93. The van der Waals surface area contributed by atoms with E-state index >= 15 is 0 Å². The summed E-state index contributed by atoms with van der Waals surface area (Å²) in [7, 11) is -3.29. The van der Waals surface area contributed by atoms with Gasteiger partial charge < -0.3 is 5.11 Å². The van der Waals surface area contributed by atoms with Crippen molar-refractivity contribution in [2.24, 2.45) is 0 Å². The van der Waals surface area contributed by atoms with E-state index in [0.29, 0.717) is 16.5 Å². The summed E-state index contributed by atoms with van der Waals surface area (Å²) in [5.41, 5.74) is 0. The Bertz CT molecular complexity index is 313. The molecule has 0 atom stereocenters. The number of aliphatic carboxylic acids is 1. The van der Waals surface area contributed by atoms with E-state index in [1.165, 1.54) is 0 Å². The van der Waals surface area contributed by atoms with Crippen LogP contribution in [-0.2, 0) is 13.9 Å². The first-order chi connectivity index (χ1) is 8.42. The molecule has 0 amide bonds. The molecule has 0 radical (unpaired) electrons. The van der Waals surface area contributed by atoms with Gasteiger partial charge in [-0.25, -0.2) is 0 Å². The highest BCUT2D eigenvalue weighted by Gasteiger charge is 2.03. The van der Waals surface area contributed by atoms with Gasteiger partial charge in [-0.15, -0.1) is 0 Å². The predicted octanol–water partition coefficient (Wildman–Crippen LogP) is 3.12. The number of rotatable bonds is 12. The second-order valence-corrected chi connectivity index (χ2v) is 7.69. The van der Waals surface area contributed by atoms with Crippen molar-refractivity contribution in [2.45, 2.75) is 57.8 Å². The molecule has 0 aromatic carbocycles. The fourth-order valence-electron chi connectivity index (χ4n) is 1.60. The molecule has 0 heterocycles. The van der Waals surface area contributed by atoms with E-state index in [4.69, 9.17) is 9.66 Å². The minimum absolute atomic E-state index is 0.257. The van der Waals surface area contributed by atoms with E-state index in [9.17, 15) is 13.2 Å². The van der Waals surface area contributed by atoms with Gasteiger partial charge in [-0.05, 0) is 23.6 Å². The average molecular weight is 298 g/mol. The Morgan fingerprint density at radius 3 is 1.78 bits per heavy atom. The fourth-order valence-corrected chi connectivity index (χ4v) is 3.12. The van der Waals surface area contributed by atoms with Crippen molar-refractivity contribution in [3.8, 4) is 0 Å². The summed E-state index contributed by atoms with van der Waals surface area (Å²) in [5, 5.41) is 8.43. The van der Waals surface area contributed by atoms with Crippen molar-refractivity contribution in [3.05, 3.63) is 0 Å². The lowest BCUT2D eigenvalue weighted by atomic mass is 10.1. The minimum Gasteiger partial charge on any atom is -0.481 e. The van der Waals surface area contributed by atoms with Gasteiger partial charge in [-0.1, -0.05) is 38.5 Å². The summed E-state index contributed by atoms with van der Waals surface area (Å²) in [5.74, 6) is -0.288. The highest BCUT2D eigenvalue weighted by atomic mass is 33.1. The molecule has 7 heteroatoms. The second-order valence-electron chi connectivity index (χ2n) is 4.22. The van der Waals surface area contributed by atoms with E-state index < -0.39 is 15.1 Å². The van der Waals surface area contributed by atoms with Crippen LogP contribution in [0.2, 0.25) is 0 Å². The van der Waals surface area contributed by atoms with Crippen LogP contribution < -0.4 is 0 Å². The number of carboxylic acids is 1. The zero-order valence-electron chi connectivity index (χ0n) is 10.5. The van der Waals surface area contributed by atoms with Crippen molar-refractivity contribution in [3.63, 3.8) is 0 Å². The SMILES string of the molecule is O=C(O)CCCCCCCCCCSS(=O)(=O)O. The normalized spacial score (nSPS) is 11.6. The van der Waals surface area contributed by atoms with Crippen LogP contribution in [0.5, 0.6) is 0 Å². The van der Waals surface area contributed by atoms with Crippen LogP contribution in [-0.4, -0.2) is 29.8 Å². The third-order valence-electron chi connectivity index (χ3n) is 2.52. The molecule has 0 bridgehead atoms. The largest absolute Gasteiger partial charge is 0.481 e. The Labute approximate surface area is 112 Å². The number of hydrogen-bond donors (Lipinski definition) is 2. The van der Waals surface area contributed by atoms with Gasteiger partial charge >= 0.3 is 15.1 Å². The first-order valence-corrected chi connectivity index (χ1v) is 9.20. The maximum absolute atomic E-state index is 10.4. The molecule has 0 fully saturated rings. The molecular weight excluding hydrogens is 276 g/mol. The molecule has 0 aromatic rings.